The standard InChI is InChI=1S/C46H80O15P2/c1-3-5-7-8-9-10-11-12-13-14-15-16-17-18-19-20-26-30-46(51)61-42(38-60-63(55,56)59-36-41(48)35-58-62(52,53)54)37-57-45(50)29-25-22-21-24-27-39-31-34-44(49)43(39)33-32-40(47)28-23-6-4-2/h12-13,21,24,31-34,39-43,47-48H,3-11,14-20,22-23,25-30,35-38H2,1-2H3,(H,55,56)(H2,52,53,54)/b13-12-,24-21-,33-32+/t39-,40-,41-,42+,43+/m0/s1. The Balaban J connectivity index is 2.50. The van der Waals surface area contributed by atoms with Crippen molar-refractivity contribution in [2.45, 2.75) is 186 Å². The van der Waals surface area contributed by atoms with E-state index in [0.717, 1.165) is 70.6 Å². The van der Waals surface area contributed by atoms with Crippen LogP contribution < -0.4 is 0 Å². The van der Waals surface area contributed by atoms with Crippen LogP contribution in [0, 0.1) is 11.8 Å². The van der Waals surface area contributed by atoms with Gasteiger partial charge < -0.3 is 34.4 Å². The Morgan fingerprint density at radius 2 is 1.21 bits per heavy atom. The van der Waals surface area contributed by atoms with E-state index in [1.165, 1.54) is 38.5 Å². The molecule has 5 N–H and O–H groups in total. The van der Waals surface area contributed by atoms with E-state index in [4.69, 9.17) is 23.8 Å². The van der Waals surface area contributed by atoms with Gasteiger partial charge in [0.1, 0.15) is 12.7 Å². The summed E-state index contributed by atoms with van der Waals surface area (Å²) in [6, 6.07) is 0. The molecule has 0 fully saturated rings. The third-order valence-corrected chi connectivity index (χ3v) is 11.9. The van der Waals surface area contributed by atoms with E-state index in [-0.39, 0.29) is 30.5 Å². The molecule has 0 aliphatic heterocycles. The van der Waals surface area contributed by atoms with E-state index in [9.17, 15) is 38.6 Å². The van der Waals surface area contributed by atoms with E-state index in [2.05, 4.69) is 35.0 Å². The van der Waals surface area contributed by atoms with Crippen molar-refractivity contribution < 1.29 is 71.5 Å². The zero-order chi connectivity index (χ0) is 46.6. The van der Waals surface area contributed by atoms with Crippen LogP contribution in [0.15, 0.2) is 48.6 Å². The summed E-state index contributed by atoms with van der Waals surface area (Å²) in [6.45, 7) is 1.44. The highest BCUT2D eigenvalue weighted by atomic mass is 31.2. The van der Waals surface area contributed by atoms with Crippen LogP contribution in [0.3, 0.4) is 0 Å². The van der Waals surface area contributed by atoms with Crippen molar-refractivity contribution in [2.75, 3.05) is 26.4 Å². The number of ether oxygens (including phenoxy) is 2. The highest BCUT2D eigenvalue weighted by Crippen LogP contribution is 2.44. The molecule has 0 spiro atoms. The number of aliphatic hydroxyl groups excluding tert-OH is 2. The fourth-order valence-corrected chi connectivity index (χ4v) is 7.90. The lowest BCUT2D eigenvalue weighted by Gasteiger charge is -2.20. The Labute approximate surface area is 377 Å². The maximum Gasteiger partial charge on any atom is 0.472 e. The van der Waals surface area contributed by atoms with Gasteiger partial charge >= 0.3 is 27.6 Å². The number of allylic oxidation sites excluding steroid dienone is 7. The van der Waals surface area contributed by atoms with Crippen molar-refractivity contribution in [1.29, 1.82) is 0 Å². The van der Waals surface area contributed by atoms with Gasteiger partial charge in [-0.15, -0.1) is 0 Å². The number of rotatable bonds is 41. The van der Waals surface area contributed by atoms with Gasteiger partial charge in [0, 0.05) is 18.8 Å². The summed E-state index contributed by atoms with van der Waals surface area (Å²) in [6.07, 6.45) is 34.4. The van der Waals surface area contributed by atoms with Crippen LogP contribution >= 0.6 is 15.6 Å². The molecule has 0 saturated carbocycles. The number of unbranched alkanes of at least 4 members (excludes halogenated alkanes) is 16. The normalized spacial score (nSPS) is 18.1. The van der Waals surface area contributed by atoms with Gasteiger partial charge in [-0.05, 0) is 69.8 Å². The van der Waals surface area contributed by atoms with E-state index in [1.807, 2.05) is 18.2 Å². The van der Waals surface area contributed by atoms with E-state index in [1.54, 1.807) is 18.2 Å². The zero-order valence-corrected chi connectivity index (χ0v) is 39.8. The number of phosphoric acid groups is 2. The first-order chi connectivity index (χ1) is 30.2. The largest absolute Gasteiger partial charge is 0.472 e. The Hall–Kier alpha value is -2.29. The van der Waals surface area contributed by atoms with E-state index >= 15 is 0 Å². The summed E-state index contributed by atoms with van der Waals surface area (Å²) < 4.78 is 47.8. The molecule has 0 aromatic rings. The van der Waals surface area contributed by atoms with Gasteiger partial charge in [-0.2, -0.15) is 0 Å². The lowest BCUT2D eigenvalue weighted by Crippen LogP contribution is -2.30. The second-order valence-corrected chi connectivity index (χ2v) is 19.0. The van der Waals surface area contributed by atoms with E-state index in [0.29, 0.717) is 32.1 Å². The Morgan fingerprint density at radius 3 is 1.86 bits per heavy atom. The number of ketones is 1. The Kier molecular flexibility index (Phi) is 34.4. The summed E-state index contributed by atoms with van der Waals surface area (Å²) in [5.41, 5.74) is 0. The van der Waals surface area contributed by atoms with Crippen molar-refractivity contribution in [2.24, 2.45) is 11.8 Å². The van der Waals surface area contributed by atoms with E-state index < -0.39 is 72.3 Å². The highest BCUT2D eigenvalue weighted by Gasteiger charge is 2.29. The quantitative estimate of drug-likeness (QED) is 0.0166. The lowest BCUT2D eigenvalue weighted by molar-refractivity contribution is -0.161. The minimum absolute atomic E-state index is 0.00978. The number of carbonyl (C=O) groups excluding carboxylic acids is 3. The van der Waals surface area contributed by atoms with Gasteiger partial charge in [0.25, 0.3) is 0 Å². The van der Waals surface area contributed by atoms with Crippen molar-refractivity contribution in [3.63, 3.8) is 0 Å². The van der Waals surface area contributed by atoms with Crippen LogP contribution in [-0.2, 0) is 46.6 Å². The van der Waals surface area contributed by atoms with Crippen LogP contribution in [0.2, 0.25) is 0 Å². The highest BCUT2D eigenvalue weighted by molar-refractivity contribution is 7.47. The molecule has 6 atom stereocenters. The van der Waals surface area contributed by atoms with Gasteiger partial charge in [-0.3, -0.25) is 28.0 Å². The molecule has 17 heteroatoms. The minimum Gasteiger partial charge on any atom is -0.462 e. The average molecular weight is 935 g/mol. The first-order valence-corrected chi connectivity index (χ1v) is 26.4. The SMILES string of the molecule is CCCCCCCC/C=C\CCCCCCCCCC(=O)O[C@H](COC(=O)CCC/C=C\C[C@H]1C=CC(=O)[C@@H]1/C=C/[C@@H](O)CCCCC)COP(=O)(O)OC[C@@H](O)COP(=O)(O)O. The minimum atomic E-state index is -4.89. The predicted octanol–water partition coefficient (Wildman–Crippen LogP) is 9.85. The molecule has 63 heavy (non-hydrogen) atoms. The number of carbonyl (C=O) groups is 3. The maximum atomic E-state index is 12.7. The van der Waals surface area contributed by atoms with Gasteiger partial charge in [-0.25, -0.2) is 9.13 Å². The summed E-state index contributed by atoms with van der Waals surface area (Å²) >= 11 is 0. The molecule has 364 valence electrons. The number of hydrogen-bond acceptors (Lipinski definition) is 12. The Morgan fingerprint density at radius 1 is 0.667 bits per heavy atom. The molecule has 0 aromatic heterocycles. The second-order valence-electron chi connectivity index (χ2n) is 16.3. The van der Waals surface area contributed by atoms with Crippen molar-refractivity contribution >= 4 is 33.4 Å². The molecule has 15 nitrogen and oxygen atoms in total. The molecule has 1 aliphatic carbocycles. The number of phosphoric ester groups is 2. The number of aliphatic hydroxyl groups is 2. The van der Waals surface area contributed by atoms with Gasteiger partial charge in [0.15, 0.2) is 11.9 Å². The van der Waals surface area contributed by atoms with Crippen molar-refractivity contribution in [1.82, 2.24) is 0 Å². The molecular formula is C46H80O15P2. The molecule has 0 amide bonds. The fraction of sp³-hybridized carbons (Fsp3) is 0.761. The van der Waals surface area contributed by atoms with Gasteiger partial charge in [0.2, 0.25) is 0 Å². The van der Waals surface area contributed by atoms with Crippen LogP contribution in [0.1, 0.15) is 168 Å². The first kappa shape index (κ1) is 58.7. The molecule has 1 aliphatic rings. The first-order valence-electron chi connectivity index (χ1n) is 23.4. The maximum absolute atomic E-state index is 12.7. The summed E-state index contributed by atoms with van der Waals surface area (Å²) in [5, 5.41) is 20.0. The van der Waals surface area contributed by atoms with Crippen molar-refractivity contribution in [3.8, 4) is 0 Å². The number of hydrogen-bond donors (Lipinski definition) is 5. The average Bonchev–Trinajstić information content (AvgIpc) is 3.59. The van der Waals surface area contributed by atoms with Crippen molar-refractivity contribution in [3.05, 3.63) is 48.6 Å². The molecule has 1 rings (SSSR count). The zero-order valence-electron chi connectivity index (χ0n) is 38.0. The van der Waals surface area contributed by atoms with Gasteiger partial charge in [-0.1, -0.05) is 140 Å². The van der Waals surface area contributed by atoms with Gasteiger partial charge in [0.05, 0.1) is 25.9 Å². The third kappa shape index (κ3) is 34.7. The smallest absolute Gasteiger partial charge is 0.462 e. The van der Waals surface area contributed by atoms with Crippen LogP contribution in [0.5, 0.6) is 0 Å². The molecule has 0 saturated heterocycles. The summed E-state index contributed by atoms with van der Waals surface area (Å²) in [5.74, 6) is -1.51. The lowest BCUT2D eigenvalue weighted by atomic mass is 9.90. The molecular weight excluding hydrogens is 854 g/mol. The molecule has 0 radical (unpaired) electrons. The monoisotopic (exact) mass is 934 g/mol. The second kappa shape index (κ2) is 36.9. The molecule has 1 unspecified atom stereocenters. The van der Waals surface area contributed by atoms with Crippen LogP contribution in [0.4, 0.5) is 0 Å². The topological polar surface area (TPSA) is 233 Å². The summed E-state index contributed by atoms with van der Waals surface area (Å²) in [7, 11) is -9.75. The predicted molar refractivity (Wildman–Crippen MR) is 243 cm³/mol. The number of esters is 2. The summed E-state index contributed by atoms with van der Waals surface area (Å²) in [4.78, 5) is 65.3. The molecule has 0 bridgehead atoms. The Bertz CT molecular complexity index is 1440. The van der Waals surface area contributed by atoms with Crippen LogP contribution in [0.25, 0.3) is 0 Å². The molecule has 0 aromatic carbocycles. The van der Waals surface area contributed by atoms with Crippen LogP contribution in [-0.4, -0.2) is 87.4 Å². The molecule has 0 heterocycles. The third-order valence-electron chi connectivity index (χ3n) is 10.4. The fourth-order valence-electron chi connectivity index (χ4n) is 6.74.